The largest absolute Gasteiger partial charge is 0.497 e. The number of amides is 1. The number of carbonyl (C=O) groups is 1. The number of nitrogens with zero attached hydrogens (tertiary/aromatic N) is 3. The molecule has 8 nitrogen and oxygen atoms in total. The second-order valence-electron chi connectivity index (χ2n) is 6.44. The number of aromatic nitrogens is 4. The van der Waals surface area contributed by atoms with E-state index < -0.39 is 5.92 Å². The molecule has 1 atom stereocenters. The Bertz CT molecular complexity index is 956. The zero-order chi connectivity index (χ0) is 20.1. The molecule has 0 fully saturated rings. The van der Waals surface area contributed by atoms with Gasteiger partial charge in [-0.05, 0) is 61.2 Å². The molecule has 28 heavy (non-hydrogen) atoms. The van der Waals surface area contributed by atoms with Gasteiger partial charge in [0.25, 0.3) is 0 Å². The normalized spacial score (nSPS) is 11.7. The van der Waals surface area contributed by atoms with Gasteiger partial charge in [-0.3, -0.25) is 4.79 Å². The summed E-state index contributed by atoms with van der Waals surface area (Å²) in [6.45, 7) is 3.97. The SMILES string of the molecule is COc1ccc(OC)c(CC(C(=O)Nc2cccc(C)c2C)c2nn[nH]n2)c1. The summed E-state index contributed by atoms with van der Waals surface area (Å²) in [5.41, 5.74) is 3.69. The van der Waals surface area contributed by atoms with Crippen LogP contribution >= 0.6 is 0 Å². The number of carbonyl (C=O) groups excluding carboxylic acids is 1. The molecule has 0 bridgehead atoms. The highest BCUT2D eigenvalue weighted by Crippen LogP contribution is 2.30. The third kappa shape index (κ3) is 4.11. The van der Waals surface area contributed by atoms with Gasteiger partial charge in [0.05, 0.1) is 14.2 Å². The molecular weight excluding hydrogens is 358 g/mol. The molecule has 0 aliphatic rings. The van der Waals surface area contributed by atoms with Crippen molar-refractivity contribution in [2.75, 3.05) is 19.5 Å². The number of methoxy groups -OCH3 is 2. The van der Waals surface area contributed by atoms with E-state index in [0.717, 1.165) is 22.4 Å². The van der Waals surface area contributed by atoms with Gasteiger partial charge in [0, 0.05) is 5.69 Å². The van der Waals surface area contributed by atoms with Crippen molar-refractivity contribution in [3.63, 3.8) is 0 Å². The van der Waals surface area contributed by atoms with Gasteiger partial charge in [-0.2, -0.15) is 5.21 Å². The Morgan fingerprint density at radius 2 is 2.00 bits per heavy atom. The summed E-state index contributed by atoms with van der Waals surface area (Å²) in [6.07, 6.45) is 0.330. The summed E-state index contributed by atoms with van der Waals surface area (Å²) in [4.78, 5) is 13.1. The number of tetrazole rings is 1. The van der Waals surface area contributed by atoms with Gasteiger partial charge in [-0.25, -0.2) is 0 Å². The highest BCUT2D eigenvalue weighted by Gasteiger charge is 2.27. The first-order valence-corrected chi connectivity index (χ1v) is 8.84. The molecule has 0 saturated heterocycles. The monoisotopic (exact) mass is 381 g/mol. The molecule has 146 valence electrons. The number of benzene rings is 2. The summed E-state index contributed by atoms with van der Waals surface area (Å²) >= 11 is 0. The van der Waals surface area contributed by atoms with Crippen LogP contribution < -0.4 is 14.8 Å². The molecule has 1 aromatic heterocycles. The summed E-state index contributed by atoms with van der Waals surface area (Å²) in [7, 11) is 3.18. The van der Waals surface area contributed by atoms with Crippen molar-refractivity contribution in [2.45, 2.75) is 26.2 Å². The highest BCUT2D eigenvalue weighted by molar-refractivity contribution is 5.96. The molecule has 8 heteroatoms. The lowest BCUT2D eigenvalue weighted by molar-refractivity contribution is -0.117. The van der Waals surface area contributed by atoms with Crippen LogP contribution in [0, 0.1) is 13.8 Å². The molecule has 1 amide bonds. The molecule has 0 saturated carbocycles. The van der Waals surface area contributed by atoms with Crippen LogP contribution in [0.1, 0.15) is 28.4 Å². The average Bonchev–Trinajstić information content (AvgIpc) is 3.23. The van der Waals surface area contributed by atoms with Crippen LogP contribution in [0.4, 0.5) is 5.69 Å². The van der Waals surface area contributed by atoms with Gasteiger partial charge in [0.2, 0.25) is 5.91 Å². The van der Waals surface area contributed by atoms with Crippen molar-refractivity contribution in [3.05, 3.63) is 58.9 Å². The summed E-state index contributed by atoms with van der Waals surface area (Å²) < 4.78 is 10.8. The van der Waals surface area contributed by atoms with Crippen molar-refractivity contribution < 1.29 is 14.3 Å². The van der Waals surface area contributed by atoms with Crippen LogP contribution in [-0.2, 0) is 11.2 Å². The van der Waals surface area contributed by atoms with E-state index in [4.69, 9.17) is 9.47 Å². The van der Waals surface area contributed by atoms with Gasteiger partial charge < -0.3 is 14.8 Å². The Balaban J connectivity index is 1.92. The molecule has 3 aromatic rings. The second-order valence-corrected chi connectivity index (χ2v) is 6.44. The smallest absolute Gasteiger partial charge is 0.235 e. The number of ether oxygens (including phenoxy) is 2. The molecule has 2 aromatic carbocycles. The molecule has 2 N–H and O–H groups in total. The predicted octanol–water partition coefficient (Wildman–Crippen LogP) is 2.80. The Hall–Kier alpha value is -3.42. The van der Waals surface area contributed by atoms with E-state index in [0.29, 0.717) is 23.7 Å². The van der Waals surface area contributed by atoms with Gasteiger partial charge >= 0.3 is 0 Å². The summed E-state index contributed by atoms with van der Waals surface area (Å²) in [6, 6.07) is 11.2. The zero-order valence-electron chi connectivity index (χ0n) is 16.3. The van der Waals surface area contributed by atoms with Crippen LogP contribution in [0.2, 0.25) is 0 Å². The van der Waals surface area contributed by atoms with E-state index in [-0.39, 0.29) is 5.91 Å². The fourth-order valence-electron chi connectivity index (χ4n) is 2.99. The number of H-pyrrole nitrogens is 1. The molecule has 0 aliphatic carbocycles. The Morgan fingerprint density at radius 1 is 1.18 bits per heavy atom. The third-order valence-electron chi connectivity index (χ3n) is 4.76. The lowest BCUT2D eigenvalue weighted by Gasteiger charge is -2.17. The lowest BCUT2D eigenvalue weighted by Crippen LogP contribution is -2.25. The van der Waals surface area contributed by atoms with Crippen molar-refractivity contribution in [1.82, 2.24) is 20.6 Å². The maximum absolute atomic E-state index is 13.1. The van der Waals surface area contributed by atoms with Crippen molar-refractivity contribution >= 4 is 11.6 Å². The molecule has 0 spiro atoms. The van der Waals surface area contributed by atoms with Crippen LogP contribution in [0.25, 0.3) is 0 Å². The van der Waals surface area contributed by atoms with E-state index >= 15 is 0 Å². The van der Waals surface area contributed by atoms with Crippen LogP contribution in [0.5, 0.6) is 11.5 Å². The molecular formula is C20H23N5O3. The van der Waals surface area contributed by atoms with Gasteiger partial charge in [0.15, 0.2) is 5.82 Å². The zero-order valence-corrected chi connectivity index (χ0v) is 16.3. The Kier molecular flexibility index (Phi) is 5.88. The first-order chi connectivity index (χ1) is 13.5. The van der Waals surface area contributed by atoms with E-state index in [1.54, 1.807) is 14.2 Å². The van der Waals surface area contributed by atoms with E-state index in [1.165, 1.54) is 0 Å². The van der Waals surface area contributed by atoms with Crippen LogP contribution in [-0.4, -0.2) is 40.8 Å². The number of nitrogens with one attached hydrogen (secondary N) is 2. The first kappa shape index (κ1) is 19.3. The van der Waals surface area contributed by atoms with E-state index in [1.807, 2.05) is 50.2 Å². The maximum Gasteiger partial charge on any atom is 0.235 e. The maximum atomic E-state index is 13.1. The number of rotatable bonds is 7. The third-order valence-corrected chi connectivity index (χ3v) is 4.76. The summed E-state index contributed by atoms with van der Waals surface area (Å²) in [5, 5.41) is 17.1. The van der Waals surface area contributed by atoms with Crippen molar-refractivity contribution in [1.29, 1.82) is 0 Å². The Labute approximate surface area is 163 Å². The standard InChI is InChI=1S/C20H23N5O3/c1-12-6-5-7-17(13(12)2)21-20(26)16(19-22-24-25-23-19)11-14-10-15(27-3)8-9-18(14)28-4/h5-10,16H,11H2,1-4H3,(H,21,26)(H,22,23,24,25). The topological polar surface area (TPSA) is 102 Å². The minimum atomic E-state index is -0.653. The van der Waals surface area contributed by atoms with Crippen LogP contribution in [0.3, 0.4) is 0 Å². The number of anilines is 1. The van der Waals surface area contributed by atoms with E-state index in [2.05, 4.69) is 25.9 Å². The minimum Gasteiger partial charge on any atom is -0.497 e. The molecule has 0 radical (unpaired) electrons. The molecule has 0 aliphatic heterocycles. The van der Waals surface area contributed by atoms with Crippen LogP contribution in [0.15, 0.2) is 36.4 Å². The van der Waals surface area contributed by atoms with Crippen molar-refractivity contribution in [3.8, 4) is 11.5 Å². The van der Waals surface area contributed by atoms with Gasteiger partial charge in [0.1, 0.15) is 17.4 Å². The lowest BCUT2D eigenvalue weighted by atomic mass is 9.96. The minimum absolute atomic E-state index is 0.222. The summed E-state index contributed by atoms with van der Waals surface area (Å²) in [5.74, 6) is 0.777. The quantitative estimate of drug-likeness (QED) is 0.652. The first-order valence-electron chi connectivity index (χ1n) is 8.84. The molecule has 1 unspecified atom stereocenters. The molecule has 3 rings (SSSR count). The van der Waals surface area contributed by atoms with Crippen molar-refractivity contribution in [2.24, 2.45) is 0 Å². The average molecular weight is 381 g/mol. The highest BCUT2D eigenvalue weighted by atomic mass is 16.5. The van der Waals surface area contributed by atoms with Gasteiger partial charge in [-0.15, -0.1) is 10.2 Å². The second kappa shape index (κ2) is 8.51. The van der Waals surface area contributed by atoms with Gasteiger partial charge in [-0.1, -0.05) is 17.3 Å². The van der Waals surface area contributed by atoms with E-state index in [9.17, 15) is 4.79 Å². The molecule has 1 heterocycles. The number of aryl methyl sites for hydroxylation is 1. The number of hydrogen-bond donors (Lipinski definition) is 2. The predicted molar refractivity (Wildman–Crippen MR) is 105 cm³/mol. The Morgan fingerprint density at radius 3 is 2.68 bits per heavy atom. The fourth-order valence-corrected chi connectivity index (χ4v) is 2.99. The number of aromatic amines is 1. The fraction of sp³-hybridized carbons (Fsp3) is 0.300. The number of hydrogen-bond acceptors (Lipinski definition) is 6.